The van der Waals surface area contributed by atoms with Crippen LogP contribution in [0.15, 0.2) is 6.20 Å². The van der Waals surface area contributed by atoms with Crippen LogP contribution in [0.25, 0.3) is 0 Å². The molecule has 3 nitrogen and oxygen atoms in total. The second-order valence-corrected chi connectivity index (χ2v) is 7.09. The Kier molecular flexibility index (Phi) is 3.57. The van der Waals surface area contributed by atoms with Crippen molar-refractivity contribution in [1.82, 2.24) is 10.3 Å². The first kappa shape index (κ1) is 12.4. The van der Waals surface area contributed by atoms with Gasteiger partial charge < -0.3 is 10.2 Å². The zero-order chi connectivity index (χ0) is 12.5. The summed E-state index contributed by atoms with van der Waals surface area (Å²) in [5, 5.41) is 4.70. The second-order valence-electron chi connectivity index (χ2n) is 6.00. The van der Waals surface area contributed by atoms with Crippen LogP contribution in [0.4, 0.5) is 5.13 Å². The minimum atomic E-state index is 0.543. The first-order valence-corrected chi connectivity index (χ1v) is 7.97. The van der Waals surface area contributed by atoms with Crippen molar-refractivity contribution in [1.29, 1.82) is 0 Å². The zero-order valence-electron chi connectivity index (χ0n) is 11.4. The van der Waals surface area contributed by atoms with Crippen LogP contribution in [0.2, 0.25) is 0 Å². The van der Waals surface area contributed by atoms with E-state index in [2.05, 4.69) is 29.0 Å². The summed E-state index contributed by atoms with van der Waals surface area (Å²) in [5.41, 5.74) is 0. The molecule has 1 N–H and O–H groups in total. The lowest BCUT2D eigenvalue weighted by Crippen LogP contribution is -2.21. The van der Waals surface area contributed by atoms with Gasteiger partial charge in [-0.2, -0.15) is 0 Å². The quantitative estimate of drug-likeness (QED) is 0.907. The van der Waals surface area contributed by atoms with E-state index in [1.165, 1.54) is 42.4 Å². The lowest BCUT2D eigenvalue weighted by molar-refractivity contribution is 0.494. The van der Waals surface area contributed by atoms with Gasteiger partial charge in [0.05, 0.1) is 0 Å². The summed E-state index contributed by atoms with van der Waals surface area (Å²) in [7, 11) is 0. The number of nitrogens with zero attached hydrogens (tertiary/aromatic N) is 2. The maximum Gasteiger partial charge on any atom is 0.185 e. The van der Waals surface area contributed by atoms with E-state index in [-0.39, 0.29) is 0 Å². The molecule has 0 amide bonds. The number of hydrogen-bond donors (Lipinski definition) is 1. The summed E-state index contributed by atoms with van der Waals surface area (Å²) < 4.78 is 0. The minimum Gasteiger partial charge on any atom is -0.348 e. The minimum absolute atomic E-state index is 0.543. The largest absolute Gasteiger partial charge is 0.348 e. The molecule has 1 saturated carbocycles. The predicted molar refractivity (Wildman–Crippen MR) is 77.1 cm³/mol. The third kappa shape index (κ3) is 2.54. The van der Waals surface area contributed by atoms with Crippen molar-refractivity contribution in [2.45, 2.75) is 45.7 Å². The molecule has 0 aromatic carbocycles. The van der Waals surface area contributed by atoms with Gasteiger partial charge in [-0.3, -0.25) is 0 Å². The van der Waals surface area contributed by atoms with E-state index in [9.17, 15) is 0 Å². The van der Waals surface area contributed by atoms with E-state index in [1.54, 1.807) is 0 Å². The van der Waals surface area contributed by atoms with Crippen LogP contribution in [-0.4, -0.2) is 24.1 Å². The van der Waals surface area contributed by atoms with Gasteiger partial charge in [-0.1, -0.05) is 20.3 Å². The molecule has 1 saturated heterocycles. The molecule has 1 aliphatic heterocycles. The van der Waals surface area contributed by atoms with Gasteiger partial charge in [0.1, 0.15) is 0 Å². The Balaban J connectivity index is 1.60. The second kappa shape index (κ2) is 5.17. The highest BCUT2D eigenvalue weighted by atomic mass is 32.1. The Hall–Kier alpha value is -0.610. The van der Waals surface area contributed by atoms with E-state index >= 15 is 0 Å². The molecule has 0 bridgehead atoms. The van der Waals surface area contributed by atoms with Crippen molar-refractivity contribution in [3.05, 3.63) is 11.1 Å². The van der Waals surface area contributed by atoms with Crippen molar-refractivity contribution >= 4 is 16.5 Å². The molecule has 2 fully saturated rings. The van der Waals surface area contributed by atoms with Crippen LogP contribution in [0, 0.1) is 11.8 Å². The van der Waals surface area contributed by atoms with Crippen molar-refractivity contribution in [3.8, 4) is 0 Å². The maximum absolute atomic E-state index is 4.61. The summed E-state index contributed by atoms with van der Waals surface area (Å²) >= 11 is 1.86. The van der Waals surface area contributed by atoms with Crippen molar-refractivity contribution in [2.75, 3.05) is 18.0 Å². The normalized spacial score (nSPS) is 27.2. The molecule has 18 heavy (non-hydrogen) atoms. The predicted octanol–water partition coefficient (Wildman–Crippen LogP) is 2.88. The number of nitrogens with one attached hydrogen (secondary N) is 1. The zero-order valence-corrected chi connectivity index (χ0v) is 12.2. The molecular formula is C14H23N3S. The fourth-order valence-electron chi connectivity index (χ4n) is 3.22. The van der Waals surface area contributed by atoms with Crippen molar-refractivity contribution in [3.63, 3.8) is 0 Å². The first-order valence-electron chi connectivity index (χ1n) is 7.15. The van der Waals surface area contributed by atoms with Gasteiger partial charge in [-0.25, -0.2) is 4.98 Å². The summed E-state index contributed by atoms with van der Waals surface area (Å²) in [6.45, 7) is 7.81. The van der Waals surface area contributed by atoms with Gasteiger partial charge in [0.15, 0.2) is 5.13 Å². The molecule has 1 aromatic rings. The van der Waals surface area contributed by atoms with E-state index < -0.39 is 0 Å². The van der Waals surface area contributed by atoms with Gasteiger partial charge in [0, 0.05) is 36.8 Å². The molecule has 2 heterocycles. The molecule has 0 radical (unpaired) electrons. The molecule has 2 aliphatic rings. The van der Waals surface area contributed by atoms with Crippen LogP contribution in [0.1, 0.15) is 38.0 Å². The fraction of sp³-hybridized carbons (Fsp3) is 0.786. The van der Waals surface area contributed by atoms with E-state index in [0.29, 0.717) is 6.04 Å². The highest BCUT2D eigenvalue weighted by Gasteiger charge is 2.36. The van der Waals surface area contributed by atoms with Crippen LogP contribution in [0.3, 0.4) is 0 Å². The lowest BCUT2D eigenvalue weighted by atomic mass is 10.0. The molecule has 2 atom stereocenters. The molecule has 1 aliphatic carbocycles. The summed E-state index contributed by atoms with van der Waals surface area (Å²) in [6, 6.07) is 0.543. The van der Waals surface area contributed by atoms with Crippen LogP contribution >= 0.6 is 11.3 Å². The average Bonchev–Trinajstić information content (AvgIpc) is 3.00. The molecule has 0 spiro atoms. The van der Waals surface area contributed by atoms with Crippen molar-refractivity contribution < 1.29 is 0 Å². The average molecular weight is 265 g/mol. The fourth-order valence-corrected chi connectivity index (χ4v) is 4.10. The number of thiazole rings is 1. The Bertz CT molecular complexity index is 389. The van der Waals surface area contributed by atoms with E-state index in [1.807, 2.05) is 17.5 Å². The van der Waals surface area contributed by atoms with Crippen LogP contribution in [0.5, 0.6) is 0 Å². The Morgan fingerprint density at radius 1 is 1.39 bits per heavy atom. The summed E-state index contributed by atoms with van der Waals surface area (Å²) in [6.07, 6.45) is 6.37. The van der Waals surface area contributed by atoms with Crippen LogP contribution < -0.4 is 10.2 Å². The van der Waals surface area contributed by atoms with Gasteiger partial charge >= 0.3 is 0 Å². The number of hydrogen-bond acceptors (Lipinski definition) is 4. The van der Waals surface area contributed by atoms with Gasteiger partial charge in [0.25, 0.3) is 0 Å². The molecule has 2 unspecified atom stereocenters. The summed E-state index contributed by atoms with van der Waals surface area (Å²) in [5.74, 6) is 1.90. The number of anilines is 1. The number of fused-ring (bicyclic) bond motifs is 1. The molecular weight excluding hydrogens is 242 g/mol. The number of aromatic nitrogens is 1. The Morgan fingerprint density at radius 3 is 2.78 bits per heavy atom. The van der Waals surface area contributed by atoms with E-state index in [4.69, 9.17) is 0 Å². The van der Waals surface area contributed by atoms with Gasteiger partial charge in [-0.15, -0.1) is 11.3 Å². The Labute approximate surface area is 114 Å². The number of rotatable bonds is 4. The van der Waals surface area contributed by atoms with Gasteiger partial charge in [-0.05, 0) is 24.7 Å². The van der Waals surface area contributed by atoms with Crippen molar-refractivity contribution in [2.24, 2.45) is 11.8 Å². The smallest absolute Gasteiger partial charge is 0.185 e. The molecule has 4 heteroatoms. The third-order valence-electron chi connectivity index (χ3n) is 4.22. The van der Waals surface area contributed by atoms with Crippen LogP contribution in [-0.2, 0) is 6.54 Å². The maximum atomic E-state index is 4.61. The first-order chi connectivity index (χ1) is 8.72. The van der Waals surface area contributed by atoms with Gasteiger partial charge in [0.2, 0.25) is 0 Å². The highest BCUT2D eigenvalue weighted by molar-refractivity contribution is 7.15. The summed E-state index contributed by atoms with van der Waals surface area (Å²) in [4.78, 5) is 8.48. The molecule has 100 valence electrons. The molecule has 3 rings (SSSR count). The lowest BCUT2D eigenvalue weighted by Gasteiger charge is -2.15. The Morgan fingerprint density at radius 2 is 2.11 bits per heavy atom. The third-order valence-corrected chi connectivity index (χ3v) is 5.28. The standard InChI is InChI=1S/C14H23N3S/c1-10(2)15-6-13-7-16-14(18-13)17-8-11-4-3-5-12(11)9-17/h7,10-12,15H,3-6,8-9H2,1-2H3. The topological polar surface area (TPSA) is 28.2 Å². The monoisotopic (exact) mass is 265 g/mol. The highest BCUT2D eigenvalue weighted by Crippen LogP contribution is 2.40. The molecule has 1 aromatic heterocycles. The SMILES string of the molecule is CC(C)NCc1cnc(N2CC3CCCC3C2)s1. The van der Waals surface area contributed by atoms with E-state index in [0.717, 1.165) is 18.4 Å².